The van der Waals surface area contributed by atoms with E-state index in [1.807, 2.05) is 7.05 Å². The van der Waals surface area contributed by atoms with Crippen LogP contribution in [0.4, 0.5) is 0 Å². The molecule has 0 aromatic carbocycles. The Kier molecular flexibility index (Phi) is 3.59. The molecule has 1 saturated carbocycles. The first kappa shape index (κ1) is 10.9. The smallest absolute Gasteiger partial charge is 0.234 e. The zero-order valence-corrected chi connectivity index (χ0v) is 9.46. The molecule has 2 fully saturated rings. The number of amides is 1. The molecule has 1 aliphatic heterocycles. The van der Waals surface area contributed by atoms with Crippen molar-refractivity contribution in [1.82, 2.24) is 15.5 Å². The number of likely N-dealkylation sites (N-methyl/N-ethyl adjacent to an activating group) is 1. The molecule has 1 atom stereocenters. The van der Waals surface area contributed by atoms with E-state index in [1.165, 1.54) is 25.7 Å². The summed E-state index contributed by atoms with van der Waals surface area (Å²) in [6, 6.07) is 1.04. The maximum Gasteiger partial charge on any atom is 0.234 e. The number of likely N-dealkylation sites (tertiary alicyclic amines) is 1. The van der Waals surface area contributed by atoms with Gasteiger partial charge in [-0.2, -0.15) is 0 Å². The molecule has 1 aliphatic carbocycles. The van der Waals surface area contributed by atoms with Gasteiger partial charge in [0.2, 0.25) is 5.91 Å². The average molecular weight is 211 g/mol. The summed E-state index contributed by atoms with van der Waals surface area (Å²) in [4.78, 5) is 13.9. The van der Waals surface area contributed by atoms with Crippen molar-refractivity contribution >= 4 is 5.91 Å². The Morgan fingerprint density at radius 1 is 1.40 bits per heavy atom. The van der Waals surface area contributed by atoms with Crippen LogP contribution in [0.2, 0.25) is 0 Å². The molecule has 0 spiro atoms. The summed E-state index contributed by atoms with van der Waals surface area (Å²) < 4.78 is 0. The first-order chi connectivity index (χ1) is 7.29. The average Bonchev–Trinajstić information content (AvgIpc) is 2.90. The Morgan fingerprint density at radius 2 is 2.20 bits per heavy atom. The zero-order valence-electron chi connectivity index (χ0n) is 9.46. The largest absolute Gasteiger partial charge is 0.352 e. The second-order valence-corrected chi connectivity index (χ2v) is 4.67. The van der Waals surface area contributed by atoms with Crippen LogP contribution < -0.4 is 10.6 Å². The number of hydrogen-bond donors (Lipinski definition) is 2. The quantitative estimate of drug-likeness (QED) is 0.670. The minimum atomic E-state index is 0.209. The molecule has 1 saturated heterocycles. The van der Waals surface area contributed by atoms with Crippen molar-refractivity contribution < 1.29 is 4.79 Å². The molecule has 2 aliphatic rings. The summed E-state index contributed by atoms with van der Waals surface area (Å²) in [6.07, 6.45) is 4.79. The van der Waals surface area contributed by atoms with Gasteiger partial charge in [-0.15, -0.1) is 0 Å². The van der Waals surface area contributed by atoms with E-state index >= 15 is 0 Å². The van der Waals surface area contributed by atoms with E-state index in [1.54, 1.807) is 0 Å². The topological polar surface area (TPSA) is 44.4 Å². The highest BCUT2D eigenvalue weighted by Crippen LogP contribution is 2.19. The van der Waals surface area contributed by atoms with Gasteiger partial charge in [-0.05, 0) is 39.3 Å². The molecule has 0 aromatic heterocycles. The van der Waals surface area contributed by atoms with Crippen LogP contribution >= 0.6 is 0 Å². The predicted octanol–water partition coefficient (Wildman–Crippen LogP) is -0.0512. The molecule has 2 N–H and O–H groups in total. The van der Waals surface area contributed by atoms with Gasteiger partial charge in [-0.1, -0.05) is 0 Å². The van der Waals surface area contributed by atoms with E-state index in [0.29, 0.717) is 18.6 Å². The Bertz CT molecular complexity index is 228. The van der Waals surface area contributed by atoms with E-state index in [9.17, 15) is 4.79 Å². The summed E-state index contributed by atoms with van der Waals surface area (Å²) in [5.41, 5.74) is 0. The van der Waals surface area contributed by atoms with Gasteiger partial charge < -0.3 is 10.6 Å². The molecule has 86 valence electrons. The maximum atomic E-state index is 11.6. The Balaban J connectivity index is 1.73. The van der Waals surface area contributed by atoms with Gasteiger partial charge in [0.25, 0.3) is 0 Å². The van der Waals surface area contributed by atoms with Crippen LogP contribution in [0.3, 0.4) is 0 Å². The monoisotopic (exact) mass is 211 g/mol. The second-order valence-electron chi connectivity index (χ2n) is 4.67. The number of hydrogen-bond acceptors (Lipinski definition) is 3. The molecular weight excluding hydrogens is 190 g/mol. The maximum absolute atomic E-state index is 11.6. The fourth-order valence-electron chi connectivity index (χ4n) is 2.26. The normalized spacial score (nSPS) is 26.9. The number of carbonyl (C=O) groups is 1. The van der Waals surface area contributed by atoms with Crippen molar-refractivity contribution in [1.29, 1.82) is 0 Å². The Labute approximate surface area is 91.4 Å². The molecule has 2 rings (SSSR count). The molecule has 4 nitrogen and oxygen atoms in total. The molecule has 0 bridgehead atoms. The lowest BCUT2D eigenvalue weighted by Gasteiger charge is -2.23. The minimum Gasteiger partial charge on any atom is -0.352 e. The highest BCUT2D eigenvalue weighted by Gasteiger charge is 2.28. The van der Waals surface area contributed by atoms with Gasteiger partial charge in [0.15, 0.2) is 0 Å². The highest BCUT2D eigenvalue weighted by atomic mass is 16.2. The molecule has 1 unspecified atom stereocenters. The molecule has 1 amide bonds. The summed E-state index contributed by atoms with van der Waals surface area (Å²) >= 11 is 0. The second kappa shape index (κ2) is 4.94. The fraction of sp³-hybridized carbons (Fsp3) is 0.909. The third-order valence-electron chi connectivity index (χ3n) is 3.23. The van der Waals surface area contributed by atoms with Crippen LogP contribution in [0.1, 0.15) is 25.7 Å². The van der Waals surface area contributed by atoms with Crippen molar-refractivity contribution in [3.05, 3.63) is 0 Å². The molecule has 0 radical (unpaired) electrons. The van der Waals surface area contributed by atoms with Gasteiger partial charge in [0.05, 0.1) is 6.54 Å². The molecule has 15 heavy (non-hydrogen) atoms. The zero-order chi connectivity index (χ0) is 10.7. The van der Waals surface area contributed by atoms with Crippen LogP contribution in [0.5, 0.6) is 0 Å². The first-order valence-corrected chi connectivity index (χ1v) is 5.97. The van der Waals surface area contributed by atoms with Crippen molar-refractivity contribution in [3.63, 3.8) is 0 Å². The Morgan fingerprint density at radius 3 is 2.87 bits per heavy atom. The van der Waals surface area contributed by atoms with Gasteiger partial charge in [0, 0.05) is 18.6 Å². The summed E-state index contributed by atoms with van der Waals surface area (Å²) in [6.45, 7) is 2.66. The highest BCUT2D eigenvalue weighted by molar-refractivity contribution is 5.78. The van der Waals surface area contributed by atoms with Crippen molar-refractivity contribution in [2.24, 2.45) is 0 Å². The first-order valence-electron chi connectivity index (χ1n) is 5.97. The van der Waals surface area contributed by atoms with Crippen molar-refractivity contribution in [2.45, 2.75) is 37.8 Å². The van der Waals surface area contributed by atoms with Gasteiger partial charge >= 0.3 is 0 Å². The number of carbonyl (C=O) groups excluding carboxylic acids is 1. The summed E-state index contributed by atoms with van der Waals surface area (Å²) in [5.74, 6) is 0.209. The number of nitrogens with zero attached hydrogens (tertiary/aromatic N) is 1. The van der Waals surface area contributed by atoms with Crippen LogP contribution in [0.15, 0.2) is 0 Å². The fourth-order valence-corrected chi connectivity index (χ4v) is 2.26. The third-order valence-corrected chi connectivity index (χ3v) is 3.23. The summed E-state index contributed by atoms with van der Waals surface area (Å²) in [5, 5.41) is 6.24. The molecular formula is C11H21N3O. The van der Waals surface area contributed by atoms with Crippen LogP contribution in [-0.4, -0.2) is 49.6 Å². The SMILES string of the molecule is CNCC1CCCN1CC(=O)NC1CC1. The van der Waals surface area contributed by atoms with Gasteiger partial charge in [-0.25, -0.2) is 0 Å². The van der Waals surface area contributed by atoms with Crippen LogP contribution in [-0.2, 0) is 4.79 Å². The van der Waals surface area contributed by atoms with E-state index in [-0.39, 0.29) is 5.91 Å². The number of rotatable bonds is 5. The van der Waals surface area contributed by atoms with Crippen molar-refractivity contribution in [3.8, 4) is 0 Å². The standard InChI is InChI=1S/C11H21N3O/c1-12-7-10-3-2-6-14(10)8-11(15)13-9-4-5-9/h9-10,12H,2-8H2,1H3,(H,13,15). The molecule has 4 heteroatoms. The van der Waals surface area contributed by atoms with E-state index in [4.69, 9.17) is 0 Å². The van der Waals surface area contributed by atoms with E-state index in [2.05, 4.69) is 15.5 Å². The third kappa shape index (κ3) is 3.18. The van der Waals surface area contributed by atoms with Gasteiger partial charge in [-0.3, -0.25) is 9.69 Å². The Hall–Kier alpha value is -0.610. The predicted molar refractivity (Wildman–Crippen MR) is 59.7 cm³/mol. The number of nitrogens with one attached hydrogen (secondary N) is 2. The van der Waals surface area contributed by atoms with E-state index in [0.717, 1.165) is 13.1 Å². The van der Waals surface area contributed by atoms with Crippen molar-refractivity contribution in [2.75, 3.05) is 26.7 Å². The lowest BCUT2D eigenvalue weighted by Crippen LogP contribution is -2.43. The minimum absolute atomic E-state index is 0.209. The van der Waals surface area contributed by atoms with E-state index < -0.39 is 0 Å². The van der Waals surface area contributed by atoms with Crippen LogP contribution in [0, 0.1) is 0 Å². The van der Waals surface area contributed by atoms with Crippen LogP contribution in [0.25, 0.3) is 0 Å². The molecule has 0 aromatic rings. The lowest BCUT2D eigenvalue weighted by molar-refractivity contribution is -0.122. The van der Waals surface area contributed by atoms with Gasteiger partial charge in [0.1, 0.15) is 0 Å². The summed E-state index contributed by atoms with van der Waals surface area (Å²) in [7, 11) is 1.97. The lowest BCUT2D eigenvalue weighted by atomic mass is 10.2. The molecule has 1 heterocycles.